The van der Waals surface area contributed by atoms with Crippen LogP contribution in [0.1, 0.15) is 22.3 Å². The SMILES string of the molecule is c1ccc(C[C@H]2COC(c3cccc(C4=N[C@H](Cc5ccccc5)CO4)c3)=N2)cc1. The predicted molar refractivity (Wildman–Crippen MR) is 119 cm³/mol. The van der Waals surface area contributed by atoms with Crippen molar-refractivity contribution in [3.8, 4) is 0 Å². The maximum atomic E-state index is 5.91. The summed E-state index contributed by atoms with van der Waals surface area (Å²) in [5.74, 6) is 1.41. The number of ether oxygens (including phenoxy) is 2. The molecule has 4 nitrogen and oxygen atoms in total. The van der Waals surface area contributed by atoms with Gasteiger partial charge in [0, 0.05) is 11.1 Å². The Morgan fingerprint density at radius 3 is 1.53 bits per heavy atom. The molecular formula is C26H24N2O2. The zero-order valence-electron chi connectivity index (χ0n) is 16.8. The van der Waals surface area contributed by atoms with Gasteiger partial charge in [-0.15, -0.1) is 0 Å². The minimum Gasteiger partial charge on any atom is -0.475 e. The van der Waals surface area contributed by atoms with E-state index >= 15 is 0 Å². The van der Waals surface area contributed by atoms with Crippen LogP contribution in [0, 0.1) is 0 Å². The van der Waals surface area contributed by atoms with Crippen LogP contribution in [-0.4, -0.2) is 37.1 Å². The van der Waals surface area contributed by atoms with Crippen LogP contribution in [0.25, 0.3) is 0 Å². The third kappa shape index (κ3) is 4.28. The molecule has 0 spiro atoms. The average Bonchev–Trinajstić information content (AvgIpc) is 3.45. The lowest BCUT2D eigenvalue weighted by atomic mass is 10.1. The quantitative estimate of drug-likeness (QED) is 0.617. The molecule has 0 aliphatic carbocycles. The Morgan fingerprint density at radius 1 is 0.600 bits per heavy atom. The van der Waals surface area contributed by atoms with Crippen molar-refractivity contribution in [3.63, 3.8) is 0 Å². The molecular weight excluding hydrogens is 372 g/mol. The van der Waals surface area contributed by atoms with Gasteiger partial charge in [-0.2, -0.15) is 0 Å². The monoisotopic (exact) mass is 396 g/mol. The van der Waals surface area contributed by atoms with Gasteiger partial charge in [0.05, 0.1) is 12.1 Å². The summed E-state index contributed by atoms with van der Waals surface area (Å²) in [6.07, 6.45) is 1.78. The third-order valence-electron chi connectivity index (χ3n) is 5.41. The summed E-state index contributed by atoms with van der Waals surface area (Å²) in [7, 11) is 0. The van der Waals surface area contributed by atoms with Crippen LogP contribution in [0.15, 0.2) is 94.9 Å². The Labute approximate surface area is 176 Å². The van der Waals surface area contributed by atoms with Crippen molar-refractivity contribution in [1.29, 1.82) is 0 Å². The fraction of sp³-hybridized carbons (Fsp3) is 0.231. The normalized spacial score (nSPS) is 20.3. The van der Waals surface area contributed by atoms with Gasteiger partial charge in [0.1, 0.15) is 13.2 Å². The second-order valence-electron chi connectivity index (χ2n) is 7.76. The maximum absolute atomic E-state index is 5.91. The molecule has 0 amide bonds. The van der Waals surface area contributed by atoms with Crippen LogP contribution >= 0.6 is 0 Å². The Balaban J connectivity index is 1.29. The zero-order chi connectivity index (χ0) is 20.2. The summed E-state index contributed by atoms with van der Waals surface area (Å²) in [6, 6.07) is 29.3. The average molecular weight is 396 g/mol. The highest BCUT2D eigenvalue weighted by molar-refractivity contribution is 6.00. The molecule has 2 aliphatic rings. The summed E-state index contributed by atoms with van der Waals surface area (Å²) in [5.41, 5.74) is 4.51. The molecule has 5 rings (SSSR count). The van der Waals surface area contributed by atoms with E-state index in [1.807, 2.05) is 30.3 Å². The van der Waals surface area contributed by atoms with E-state index in [0.29, 0.717) is 25.0 Å². The molecule has 0 fully saturated rings. The first-order valence-corrected chi connectivity index (χ1v) is 10.4. The molecule has 0 bridgehead atoms. The predicted octanol–water partition coefficient (Wildman–Crippen LogP) is 4.46. The largest absolute Gasteiger partial charge is 0.475 e. The number of rotatable bonds is 6. The van der Waals surface area contributed by atoms with E-state index in [2.05, 4.69) is 54.6 Å². The first kappa shape index (κ1) is 18.6. The van der Waals surface area contributed by atoms with Gasteiger partial charge in [-0.05, 0) is 42.2 Å². The van der Waals surface area contributed by atoms with Crippen molar-refractivity contribution < 1.29 is 9.47 Å². The van der Waals surface area contributed by atoms with E-state index in [1.165, 1.54) is 11.1 Å². The van der Waals surface area contributed by atoms with Crippen LogP contribution in [-0.2, 0) is 22.3 Å². The molecule has 3 aromatic rings. The Morgan fingerprint density at radius 2 is 1.07 bits per heavy atom. The van der Waals surface area contributed by atoms with E-state index in [0.717, 1.165) is 24.0 Å². The summed E-state index contributed by atoms with van der Waals surface area (Å²) in [5, 5.41) is 0. The van der Waals surface area contributed by atoms with Crippen LogP contribution in [0.4, 0.5) is 0 Å². The highest BCUT2D eigenvalue weighted by Gasteiger charge is 2.23. The standard InChI is InChI=1S/C26H24N2O2/c1-3-8-19(9-4-1)14-23-17-29-25(27-23)21-12-7-13-22(16-21)26-28-24(18-30-26)15-20-10-5-2-6-11-20/h1-13,16,23-24H,14-15,17-18H2/t23-,24+. The molecule has 150 valence electrons. The summed E-state index contributed by atoms with van der Waals surface area (Å²) >= 11 is 0. The molecule has 0 saturated heterocycles. The molecule has 2 atom stereocenters. The summed E-state index contributed by atoms with van der Waals surface area (Å²) in [6.45, 7) is 1.23. The number of aliphatic imine (C=N–C) groups is 2. The number of hydrogen-bond acceptors (Lipinski definition) is 4. The highest BCUT2D eigenvalue weighted by Crippen LogP contribution is 2.20. The van der Waals surface area contributed by atoms with Crippen molar-refractivity contribution in [1.82, 2.24) is 0 Å². The summed E-state index contributed by atoms with van der Waals surface area (Å²) < 4.78 is 11.8. The van der Waals surface area contributed by atoms with Crippen LogP contribution in [0.3, 0.4) is 0 Å². The fourth-order valence-electron chi connectivity index (χ4n) is 3.91. The lowest BCUT2D eigenvalue weighted by Crippen LogP contribution is -2.09. The first-order valence-electron chi connectivity index (χ1n) is 10.4. The molecule has 0 aromatic heterocycles. The minimum atomic E-state index is 0.154. The molecule has 0 saturated carbocycles. The van der Waals surface area contributed by atoms with Crippen LogP contribution in [0.5, 0.6) is 0 Å². The van der Waals surface area contributed by atoms with E-state index in [-0.39, 0.29) is 12.1 Å². The van der Waals surface area contributed by atoms with Crippen molar-refractivity contribution in [2.75, 3.05) is 13.2 Å². The second kappa shape index (κ2) is 8.54. The lowest BCUT2D eigenvalue weighted by molar-refractivity contribution is 0.316. The zero-order valence-corrected chi connectivity index (χ0v) is 16.8. The van der Waals surface area contributed by atoms with E-state index in [9.17, 15) is 0 Å². The third-order valence-corrected chi connectivity index (χ3v) is 5.41. The van der Waals surface area contributed by atoms with Gasteiger partial charge >= 0.3 is 0 Å². The van der Waals surface area contributed by atoms with Crippen LogP contribution in [0.2, 0.25) is 0 Å². The molecule has 0 radical (unpaired) electrons. The van der Waals surface area contributed by atoms with Gasteiger partial charge in [0.2, 0.25) is 11.8 Å². The highest BCUT2D eigenvalue weighted by atomic mass is 16.5. The maximum Gasteiger partial charge on any atom is 0.216 e. The van der Waals surface area contributed by atoms with Crippen LogP contribution < -0.4 is 0 Å². The molecule has 0 N–H and O–H groups in total. The molecule has 2 heterocycles. The topological polar surface area (TPSA) is 43.2 Å². The molecule has 4 heteroatoms. The van der Waals surface area contributed by atoms with Gasteiger partial charge in [0.15, 0.2) is 0 Å². The molecule has 30 heavy (non-hydrogen) atoms. The lowest BCUT2D eigenvalue weighted by Gasteiger charge is -2.05. The summed E-state index contributed by atoms with van der Waals surface area (Å²) in [4.78, 5) is 9.61. The molecule has 3 aromatic carbocycles. The number of nitrogens with zero attached hydrogens (tertiary/aromatic N) is 2. The number of benzene rings is 3. The smallest absolute Gasteiger partial charge is 0.216 e. The second-order valence-corrected chi connectivity index (χ2v) is 7.76. The van der Waals surface area contributed by atoms with Crippen molar-refractivity contribution in [2.24, 2.45) is 9.98 Å². The minimum absolute atomic E-state index is 0.154. The van der Waals surface area contributed by atoms with Crippen molar-refractivity contribution in [3.05, 3.63) is 107 Å². The fourth-order valence-corrected chi connectivity index (χ4v) is 3.91. The van der Waals surface area contributed by atoms with Gasteiger partial charge in [-0.25, -0.2) is 9.98 Å². The van der Waals surface area contributed by atoms with Gasteiger partial charge in [-0.1, -0.05) is 66.7 Å². The van der Waals surface area contributed by atoms with E-state index < -0.39 is 0 Å². The van der Waals surface area contributed by atoms with Gasteiger partial charge < -0.3 is 9.47 Å². The Kier molecular flexibility index (Phi) is 5.30. The molecule has 2 aliphatic heterocycles. The van der Waals surface area contributed by atoms with Crippen molar-refractivity contribution >= 4 is 11.8 Å². The Hall–Kier alpha value is -3.40. The number of hydrogen-bond donors (Lipinski definition) is 0. The van der Waals surface area contributed by atoms with Gasteiger partial charge in [-0.3, -0.25) is 0 Å². The Bertz CT molecular complexity index is 978. The first-order chi connectivity index (χ1) is 14.8. The van der Waals surface area contributed by atoms with Gasteiger partial charge in [0.25, 0.3) is 0 Å². The van der Waals surface area contributed by atoms with E-state index in [4.69, 9.17) is 19.5 Å². The van der Waals surface area contributed by atoms with Crippen molar-refractivity contribution in [2.45, 2.75) is 24.9 Å². The van der Waals surface area contributed by atoms with E-state index in [1.54, 1.807) is 0 Å². The molecule has 0 unspecified atom stereocenters.